The largest absolute Gasteiger partial charge is 0.465 e. The van der Waals surface area contributed by atoms with Crippen molar-refractivity contribution < 1.29 is 9.53 Å². The topological polar surface area (TPSA) is 64.3 Å². The molecule has 0 unspecified atom stereocenters. The van der Waals surface area contributed by atoms with E-state index in [1.54, 1.807) is 6.07 Å². The number of nitrogens with two attached hydrogens (primary N) is 1. The van der Waals surface area contributed by atoms with Gasteiger partial charge in [-0.05, 0) is 36.8 Å². The molecule has 1 saturated carbocycles. The fourth-order valence-electron chi connectivity index (χ4n) is 2.51. The van der Waals surface area contributed by atoms with Crippen LogP contribution in [0.3, 0.4) is 0 Å². The minimum absolute atomic E-state index is 0.393. The van der Waals surface area contributed by atoms with Crippen LogP contribution in [0.5, 0.6) is 0 Å². The van der Waals surface area contributed by atoms with Crippen LogP contribution in [0.2, 0.25) is 0 Å². The molecule has 0 atom stereocenters. The van der Waals surface area contributed by atoms with Gasteiger partial charge in [-0.25, -0.2) is 4.79 Å². The second-order valence-corrected chi connectivity index (χ2v) is 5.36. The van der Waals surface area contributed by atoms with Gasteiger partial charge in [0, 0.05) is 6.54 Å². The zero-order valence-electron chi connectivity index (χ0n) is 11.7. The molecular weight excluding hydrogens is 240 g/mol. The lowest BCUT2D eigenvalue weighted by molar-refractivity contribution is 0.0602. The molecule has 104 valence electrons. The SMILES string of the molecule is CCCC1(CNc2cccc(C(=O)OC)c2N)CC1. The molecule has 0 aromatic heterocycles. The summed E-state index contributed by atoms with van der Waals surface area (Å²) in [7, 11) is 1.36. The van der Waals surface area contributed by atoms with Crippen molar-refractivity contribution in [3.63, 3.8) is 0 Å². The number of para-hydroxylation sites is 1. The highest BCUT2D eigenvalue weighted by Crippen LogP contribution is 2.49. The number of nitrogen functional groups attached to an aromatic ring is 1. The standard InChI is InChI=1S/C15H22N2O2/c1-3-7-15(8-9-15)10-17-12-6-4-5-11(13(12)16)14(18)19-2/h4-6,17H,3,7-10,16H2,1-2H3. The first-order valence-corrected chi connectivity index (χ1v) is 6.82. The zero-order chi connectivity index (χ0) is 13.9. The van der Waals surface area contributed by atoms with Crippen LogP contribution in [-0.2, 0) is 4.74 Å². The Morgan fingerprint density at radius 2 is 2.21 bits per heavy atom. The Morgan fingerprint density at radius 1 is 1.47 bits per heavy atom. The van der Waals surface area contributed by atoms with Crippen LogP contribution in [0.15, 0.2) is 18.2 Å². The van der Waals surface area contributed by atoms with E-state index in [9.17, 15) is 4.79 Å². The van der Waals surface area contributed by atoms with E-state index in [4.69, 9.17) is 10.5 Å². The average molecular weight is 262 g/mol. The molecule has 0 heterocycles. The molecule has 4 heteroatoms. The summed E-state index contributed by atoms with van der Waals surface area (Å²) in [6.45, 7) is 3.14. The maximum Gasteiger partial charge on any atom is 0.340 e. The molecule has 1 aromatic carbocycles. The number of carbonyl (C=O) groups excluding carboxylic acids is 1. The second kappa shape index (κ2) is 5.51. The van der Waals surface area contributed by atoms with Crippen molar-refractivity contribution in [3.05, 3.63) is 23.8 Å². The van der Waals surface area contributed by atoms with E-state index in [1.807, 2.05) is 12.1 Å². The Hall–Kier alpha value is -1.71. The number of carbonyl (C=O) groups is 1. The molecule has 0 radical (unpaired) electrons. The highest BCUT2D eigenvalue weighted by molar-refractivity contribution is 5.98. The van der Waals surface area contributed by atoms with Gasteiger partial charge in [0.15, 0.2) is 0 Å². The third kappa shape index (κ3) is 3.00. The molecule has 19 heavy (non-hydrogen) atoms. The summed E-state index contributed by atoms with van der Waals surface area (Å²) >= 11 is 0. The van der Waals surface area contributed by atoms with Crippen molar-refractivity contribution >= 4 is 17.3 Å². The van der Waals surface area contributed by atoms with Gasteiger partial charge in [-0.3, -0.25) is 0 Å². The molecule has 0 aliphatic heterocycles. The third-order valence-electron chi connectivity index (χ3n) is 3.90. The van der Waals surface area contributed by atoms with Gasteiger partial charge in [0.05, 0.1) is 24.0 Å². The fraction of sp³-hybridized carbons (Fsp3) is 0.533. The Kier molecular flexibility index (Phi) is 3.98. The van der Waals surface area contributed by atoms with Crippen LogP contribution >= 0.6 is 0 Å². The first-order valence-electron chi connectivity index (χ1n) is 6.82. The second-order valence-electron chi connectivity index (χ2n) is 5.36. The highest BCUT2D eigenvalue weighted by Gasteiger charge is 2.41. The van der Waals surface area contributed by atoms with Gasteiger partial charge >= 0.3 is 5.97 Å². The van der Waals surface area contributed by atoms with Gasteiger partial charge in [-0.15, -0.1) is 0 Å². The summed E-state index contributed by atoms with van der Waals surface area (Å²) in [4.78, 5) is 11.6. The van der Waals surface area contributed by atoms with Crippen LogP contribution in [0.1, 0.15) is 43.0 Å². The van der Waals surface area contributed by atoms with Crippen molar-refractivity contribution in [2.75, 3.05) is 24.7 Å². The van der Waals surface area contributed by atoms with E-state index < -0.39 is 5.97 Å². The Morgan fingerprint density at radius 3 is 2.79 bits per heavy atom. The molecule has 3 N–H and O–H groups in total. The molecule has 0 amide bonds. The van der Waals surface area contributed by atoms with E-state index in [1.165, 1.54) is 32.8 Å². The van der Waals surface area contributed by atoms with E-state index in [0.717, 1.165) is 12.2 Å². The molecule has 1 aliphatic carbocycles. The lowest BCUT2D eigenvalue weighted by Crippen LogP contribution is -2.17. The van der Waals surface area contributed by atoms with Crippen molar-refractivity contribution in [1.82, 2.24) is 0 Å². The first kappa shape index (κ1) is 13.7. The normalized spacial score (nSPS) is 15.9. The summed E-state index contributed by atoms with van der Waals surface area (Å²) in [6.07, 6.45) is 5.02. The summed E-state index contributed by atoms with van der Waals surface area (Å²) in [5.41, 5.74) is 8.19. The minimum atomic E-state index is -0.393. The van der Waals surface area contributed by atoms with Crippen molar-refractivity contribution in [2.24, 2.45) is 5.41 Å². The molecular formula is C15H22N2O2. The highest BCUT2D eigenvalue weighted by atomic mass is 16.5. The predicted octanol–water partition coefficient (Wildman–Crippen LogP) is 3.05. The first-order chi connectivity index (χ1) is 9.12. The summed E-state index contributed by atoms with van der Waals surface area (Å²) in [5.74, 6) is -0.393. The number of hydrogen-bond donors (Lipinski definition) is 2. The molecule has 2 rings (SSSR count). The number of hydrogen-bond acceptors (Lipinski definition) is 4. The predicted molar refractivity (Wildman–Crippen MR) is 77.3 cm³/mol. The molecule has 1 aliphatic rings. The van der Waals surface area contributed by atoms with Gasteiger partial charge in [-0.2, -0.15) is 0 Å². The van der Waals surface area contributed by atoms with E-state index >= 15 is 0 Å². The van der Waals surface area contributed by atoms with Crippen LogP contribution in [0.4, 0.5) is 11.4 Å². The minimum Gasteiger partial charge on any atom is -0.465 e. The van der Waals surface area contributed by atoms with Crippen LogP contribution in [0.25, 0.3) is 0 Å². The smallest absolute Gasteiger partial charge is 0.340 e. The lowest BCUT2D eigenvalue weighted by Gasteiger charge is -2.17. The summed E-state index contributed by atoms with van der Waals surface area (Å²) in [6, 6.07) is 5.42. The van der Waals surface area contributed by atoms with Crippen LogP contribution in [0, 0.1) is 5.41 Å². The zero-order valence-corrected chi connectivity index (χ0v) is 11.7. The number of esters is 1. The van der Waals surface area contributed by atoms with Crippen LogP contribution in [-0.4, -0.2) is 19.6 Å². The molecule has 0 saturated heterocycles. The molecule has 0 spiro atoms. The maximum absolute atomic E-state index is 11.6. The number of anilines is 2. The Balaban J connectivity index is 2.07. The van der Waals surface area contributed by atoms with Crippen LogP contribution < -0.4 is 11.1 Å². The van der Waals surface area contributed by atoms with E-state index in [0.29, 0.717) is 16.7 Å². The van der Waals surface area contributed by atoms with Gasteiger partial charge in [0.2, 0.25) is 0 Å². The molecule has 1 fully saturated rings. The number of ether oxygens (including phenoxy) is 1. The number of methoxy groups -OCH3 is 1. The molecule has 4 nitrogen and oxygen atoms in total. The van der Waals surface area contributed by atoms with Gasteiger partial charge in [-0.1, -0.05) is 19.4 Å². The quantitative estimate of drug-likeness (QED) is 0.611. The third-order valence-corrected chi connectivity index (χ3v) is 3.90. The van der Waals surface area contributed by atoms with Gasteiger partial charge in [0.1, 0.15) is 0 Å². The Bertz CT molecular complexity index is 467. The maximum atomic E-state index is 11.6. The molecule has 0 bridgehead atoms. The van der Waals surface area contributed by atoms with Crippen molar-refractivity contribution in [1.29, 1.82) is 0 Å². The van der Waals surface area contributed by atoms with E-state index in [2.05, 4.69) is 12.2 Å². The van der Waals surface area contributed by atoms with Gasteiger partial charge < -0.3 is 15.8 Å². The molecule has 1 aromatic rings. The van der Waals surface area contributed by atoms with Crippen molar-refractivity contribution in [2.45, 2.75) is 32.6 Å². The lowest BCUT2D eigenvalue weighted by atomic mass is 10.0. The van der Waals surface area contributed by atoms with Gasteiger partial charge in [0.25, 0.3) is 0 Å². The van der Waals surface area contributed by atoms with Crippen molar-refractivity contribution in [3.8, 4) is 0 Å². The number of nitrogens with one attached hydrogen (secondary N) is 1. The Labute approximate surface area is 114 Å². The number of benzene rings is 1. The van der Waals surface area contributed by atoms with E-state index in [-0.39, 0.29) is 0 Å². The average Bonchev–Trinajstić information content (AvgIpc) is 3.17. The summed E-state index contributed by atoms with van der Waals surface area (Å²) in [5, 5.41) is 3.39. The summed E-state index contributed by atoms with van der Waals surface area (Å²) < 4.78 is 4.72. The fourth-order valence-corrected chi connectivity index (χ4v) is 2.51. The number of rotatable bonds is 6. The monoisotopic (exact) mass is 262 g/mol.